The maximum Gasteiger partial charge on any atom is 0.264 e. The van der Waals surface area contributed by atoms with Crippen molar-refractivity contribution in [3.63, 3.8) is 0 Å². The van der Waals surface area contributed by atoms with Crippen molar-refractivity contribution in [2.75, 3.05) is 18.0 Å². The van der Waals surface area contributed by atoms with Crippen molar-refractivity contribution in [1.82, 2.24) is 5.32 Å². The number of ether oxygens (including phenoxy) is 1. The molecule has 1 N–H and O–H groups in total. The van der Waals surface area contributed by atoms with Gasteiger partial charge in [0.05, 0.1) is 23.7 Å². The Kier molecular flexibility index (Phi) is 7.43. The minimum Gasteiger partial charge on any atom is -0.497 e. The second kappa shape index (κ2) is 10.1. The fraction of sp³-hybridized carbons (Fsp3) is 0.269. The number of nitrogens with one attached hydrogen (secondary N) is 1. The lowest BCUT2D eigenvalue weighted by atomic mass is 10.0. The van der Waals surface area contributed by atoms with Gasteiger partial charge in [0.15, 0.2) is 0 Å². The predicted octanol–water partition coefficient (Wildman–Crippen LogP) is 4.69. The minimum absolute atomic E-state index is 0.124. The first-order valence-corrected chi connectivity index (χ1v) is 12.2. The quantitative estimate of drug-likeness (QED) is 0.522. The van der Waals surface area contributed by atoms with Crippen molar-refractivity contribution < 1.29 is 17.9 Å². The smallest absolute Gasteiger partial charge is 0.264 e. The third kappa shape index (κ3) is 5.73. The van der Waals surface area contributed by atoms with Crippen LogP contribution in [0.5, 0.6) is 5.75 Å². The van der Waals surface area contributed by atoms with Crippen molar-refractivity contribution in [3.8, 4) is 5.75 Å². The monoisotopic (exact) mass is 466 g/mol. The van der Waals surface area contributed by atoms with Crippen LogP contribution in [-0.2, 0) is 14.8 Å². The molecule has 0 aliphatic rings. The minimum atomic E-state index is -3.97. The van der Waals surface area contributed by atoms with E-state index >= 15 is 0 Å². The van der Waals surface area contributed by atoms with Gasteiger partial charge in [-0.15, -0.1) is 0 Å². The van der Waals surface area contributed by atoms with E-state index in [-0.39, 0.29) is 17.5 Å². The number of carbonyl (C=O) groups excluding carboxylic acids is 1. The number of anilines is 1. The van der Waals surface area contributed by atoms with Crippen LogP contribution in [0.15, 0.2) is 71.6 Å². The first-order valence-electron chi connectivity index (χ1n) is 10.7. The number of aryl methyl sites for hydroxylation is 3. The van der Waals surface area contributed by atoms with E-state index in [9.17, 15) is 13.2 Å². The van der Waals surface area contributed by atoms with Gasteiger partial charge in [0, 0.05) is 0 Å². The van der Waals surface area contributed by atoms with Gasteiger partial charge in [-0.1, -0.05) is 41.5 Å². The fourth-order valence-corrected chi connectivity index (χ4v) is 5.13. The Morgan fingerprint density at radius 3 is 2.12 bits per heavy atom. The van der Waals surface area contributed by atoms with Gasteiger partial charge in [0.25, 0.3) is 10.0 Å². The first-order chi connectivity index (χ1) is 15.6. The van der Waals surface area contributed by atoms with E-state index in [0.717, 1.165) is 26.6 Å². The standard InChI is InChI=1S/C26H30N2O4S/c1-18-6-13-24(14-7-18)33(30,31)28(22-9-11-23(32-5)12-10-22)17-26(29)27-21(4)25-15-8-19(2)16-20(25)3/h6-16,21H,17H2,1-5H3,(H,27,29)/t21-/m0/s1. The molecule has 0 saturated carbocycles. The van der Waals surface area contributed by atoms with Crippen LogP contribution in [0.25, 0.3) is 0 Å². The highest BCUT2D eigenvalue weighted by Crippen LogP contribution is 2.26. The highest BCUT2D eigenvalue weighted by atomic mass is 32.2. The molecule has 3 aromatic carbocycles. The summed E-state index contributed by atoms with van der Waals surface area (Å²) >= 11 is 0. The summed E-state index contributed by atoms with van der Waals surface area (Å²) in [5.74, 6) is 0.202. The summed E-state index contributed by atoms with van der Waals surface area (Å²) in [6.07, 6.45) is 0. The largest absolute Gasteiger partial charge is 0.497 e. The maximum atomic E-state index is 13.5. The van der Waals surface area contributed by atoms with E-state index in [1.807, 2.05) is 39.8 Å². The van der Waals surface area contributed by atoms with Crippen LogP contribution in [0.1, 0.15) is 35.2 Å². The van der Waals surface area contributed by atoms with E-state index in [0.29, 0.717) is 11.4 Å². The fourth-order valence-electron chi connectivity index (χ4n) is 3.71. The lowest BCUT2D eigenvalue weighted by molar-refractivity contribution is -0.120. The number of methoxy groups -OCH3 is 1. The number of amides is 1. The predicted molar refractivity (Wildman–Crippen MR) is 131 cm³/mol. The first kappa shape index (κ1) is 24.3. The van der Waals surface area contributed by atoms with Crippen LogP contribution in [-0.4, -0.2) is 28.0 Å². The van der Waals surface area contributed by atoms with Gasteiger partial charge in [0.1, 0.15) is 12.3 Å². The van der Waals surface area contributed by atoms with Crippen LogP contribution in [0.4, 0.5) is 5.69 Å². The third-order valence-corrected chi connectivity index (χ3v) is 7.31. The second-order valence-electron chi connectivity index (χ2n) is 8.17. The summed E-state index contributed by atoms with van der Waals surface area (Å²) in [5.41, 5.74) is 4.54. The highest BCUT2D eigenvalue weighted by Gasteiger charge is 2.28. The molecule has 3 aromatic rings. The zero-order valence-corrected chi connectivity index (χ0v) is 20.4. The number of hydrogen-bond donors (Lipinski definition) is 1. The molecule has 1 atom stereocenters. The molecule has 0 aromatic heterocycles. The van der Waals surface area contributed by atoms with Crippen LogP contribution in [0.3, 0.4) is 0 Å². The molecule has 0 radical (unpaired) electrons. The van der Waals surface area contributed by atoms with Crippen LogP contribution < -0.4 is 14.4 Å². The Morgan fingerprint density at radius 1 is 0.939 bits per heavy atom. The van der Waals surface area contributed by atoms with Gasteiger partial charge >= 0.3 is 0 Å². The summed E-state index contributed by atoms with van der Waals surface area (Å²) in [5, 5.41) is 2.94. The maximum absolute atomic E-state index is 13.5. The molecule has 0 saturated heterocycles. The molecule has 3 rings (SSSR count). The number of nitrogens with zero attached hydrogens (tertiary/aromatic N) is 1. The lowest BCUT2D eigenvalue weighted by Crippen LogP contribution is -2.41. The molecule has 174 valence electrons. The average molecular weight is 467 g/mol. The van der Waals surface area contributed by atoms with Gasteiger partial charge in [-0.3, -0.25) is 9.10 Å². The molecule has 33 heavy (non-hydrogen) atoms. The molecule has 0 fully saturated rings. The Bertz CT molecular complexity index is 1220. The average Bonchev–Trinajstić information content (AvgIpc) is 2.77. The van der Waals surface area contributed by atoms with E-state index in [1.165, 1.54) is 7.11 Å². The number of benzene rings is 3. The Morgan fingerprint density at radius 2 is 1.55 bits per heavy atom. The molecule has 0 aliphatic heterocycles. The van der Waals surface area contributed by atoms with Crippen molar-refractivity contribution in [2.45, 2.75) is 38.6 Å². The summed E-state index contributed by atoms with van der Waals surface area (Å²) in [6, 6.07) is 19.0. The Balaban J connectivity index is 1.90. The number of hydrogen-bond acceptors (Lipinski definition) is 4. The number of rotatable bonds is 8. The van der Waals surface area contributed by atoms with Crippen molar-refractivity contribution >= 4 is 21.6 Å². The van der Waals surface area contributed by atoms with E-state index in [4.69, 9.17) is 4.74 Å². The van der Waals surface area contributed by atoms with Crippen LogP contribution in [0.2, 0.25) is 0 Å². The van der Waals surface area contributed by atoms with Gasteiger partial charge in [-0.05, 0) is 75.2 Å². The molecule has 7 heteroatoms. The molecular formula is C26H30N2O4S. The normalized spacial score (nSPS) is 12.2. The van der Waals surface area contributed by atoms with E-state index < -0.39 is 15.9 Å². The molecule has 0 unspecified atom stereocenters. The third-order valence-electron chi connectivity index (χ3n) is 5.53. The second-order valence-corrected chi connectivity index (χ2v) is 10.0. The Hall–Kier alpha value is -3.32. The molecule has 1 amide bonds. The van der Waals surface area contributed by atoms with Crippen molar-refractivity contribution in [2.24, 2.45) is 0 Å². The SMILES string of the molecule is COc1ccc(N(CC(=O)N[C@@H](C)c2ccc(C)cc2C)S(=O)(=O)c2ccc(C)cc2)cc1. The zero-order chi connectivity index (χ0) is 24.2. The molecule has 0 aliphatic carbocycles. The Labute approximate surface area is 196 Å². The van der Waals surface area contributed by atoms with Crippen molar-refractivity contribution in [1.29, 1.82) is 0 Å². The van der Waals surface area contributed by atoms with E-state index in [2.05, 4.69) is 11.4 Å². The van der Waals surface area contributed by atoms with Gasteiger partial charge in [-0.25, -0.2) is 8.42 Å². The molecular weight excluding hydrogens is 436 g/mol. The van der Waals surface area contributed by atoms with Gasteiger partial charge < -0.3 is 10.1 Å². The van der Waals surface area contributed by atoms with E-state index in [1.54, 1.807) is 48.5 Å². The topological polar surface area (TPSA) is 75.7 Å². The lowest BCUT2D eigenvalue weighted by Gasteiger charge is -2.25. The van der Waals surface area contributed by atoms with Gasteiger partial charge in [0.2, 0.25) is 5.91 Å². The zero-order valence-electron chi connectivity index (χ0n) is 19.6. The number of carbonyl (C=O) groups is 1. The molecule has 0 bridgehead atoms. The highest BCUT2D eigenvalue weighted by molar-refractivity contribution is 7.92. The summed E-state index contributed by atoms with van der Waals surface area (Å²) < 4.78 is 33.3. The summed E-state index contributed by atoms with van der Waals surface area (Å²) in [7, 11) is -2.43. The van der Waals surface area contributed by atoms with Crippen LogP contribution >= 0.6 is 0 Å². The molecule has 0 spiro atoms. The van der Waals surface area contributed by atoms with Crippen LogP contribution in [0, 0.1) is 20.8 Å². The van der Waals surface area contributed by atoms with Crippen molar-refractivity contribution in [3.05, 3.63) is 89.0 Å². The molecule has 0 heterocycles. The summed E-state index contributed by atoms with van der Waals surface area (Å²) in [4.78, 5) is 13.1. The summed E-state index contributed by atoms with van der Waals surface area (Å²) in [6.45, 7) is 7.44. The number of sulfonamides is 1. The van der Waals surface area contributed by atoms with Gasteiger partial charge in [-0.2, -0.15) is 0 Å². The molecule has 6 nitrogen and oxygen atoms in total.